The van der Waals surface area contributed by atoms with Crippen molar-refractivity contribution in [2.45, 2.75) is 6.92 Å². The minimum Gasteiger partial charge on any atom is -0.497 e. The van der Waals surface area contributed by atoms with Crippen LogP contribution >= 0.6 is 0 Å². The molecule has 0 atom stereocenters. The Morgan fingerprint density at radius 3 is 2.00 bits per heavy atom. The molecule has 4 aromatic rings. The van der Waals surface area contributed by atoms with Crippen molar-refractivity contribution in [3.63, 3.8) is 0 Å². The fourth-order valence-electron chi connectivity index (χ4n) is 3.54. The normalized spacial score (nSPS) is 10.6. The fraction of sp³-hybridized carbons (Fsp3) is 0.115. The number of nitrogens with zero attached hydrogens (tertiary/aromatic N) is 1. The summed E-state index contributed by atoms with van der Waals surface area (Å²) < 4.78 is 11.2. The van der Waals surface area contributed by atoms with Gasteiger partial charge in [-0.3, -0.25) is 0 Å². The third kappa shape index (κ3) is 3.85. The molecular weight excluding hydrogens is 374 g/mol. The lowest BCUT2D eigenvalue weighted by atomic mass is 10.00. The molecule has 0 aliphatic carbocycles. The molecule has 0 aliphatic rings. The van der Waals surface area contributed by atoms with Crippen LogP contribution in [0.3, 0.4) is 0 Å². The maximum absolute atomic E-state index is 13.1. The fourth-order valence-corrected chi connectivity index (χ4v) is 3.54. The number of rotatable bonds is 6. The van der Waals surface area contributed by atoms with E-state index >= 15 is 0 Å². The third-order valence-electron chi connectivity index (χ3n) is 5.04. The Bertz CT molecular complexity index is 1170. The van der Waals surface area contributed by atoms with E-state index in [0.717, 1.165) is 28.1 Å². The zero-order valence-corrected chi connectivity index (χ0v) is 17.0. The van der Waals surface area contributed by atoms with Crippen LogP contribution in [-0.2, 0) is 0 Å². The molecule has 0 aliphatic heterocycles. The van der Waals surface area contributed by atoms with Gasteiger partial charge in [0.05, 0.1) is 7.11 Å². The van der Waals surface area contributed by atoms with Gasteiger partial charge in [0.2, 0.25) is 0 Å². The molecule has 4 heteroatoms. The van der Waals surface area contributed by atoms with Crippen LogP contribution in [0.5, 0.6) is 5.75 Å². The maximum atomic E-state index is 13.1. The number of hydrogen-bond acceptors (Lipinski definition) is 4. The lowest BCUT2D eigenvalue weighted by molar-refractivity contribution is 0.415. The van der Waals surface area contributed by atoms with Crippen LogP contribution in [0.2, 0.25) is 0 Å². The molecule has 4 rings (SSSR count). The van der Waals surface area contributed by atoms with E-state index in [1.165, 1.54) is 0 Å². The minimum absolute atomic E-state index is 0.369. The van der Waals surface area contributed by atoms with Crippen molar-refractivity contribution in [2.75, 3.05) is 18.6 Å². The van der Waals surface area contributed by atoms with Crippen LogP contribution in [0.25, 0.3) is 22.5 Å². The zero-order chi connectivity index (χ0) is 20.9. The van der Waals surface area contributed by atoms with E-state index in [2.05, 4.69) is 0 Å². The Kier molecular flexibility index (Phi) is 5.66. The van der Waals surface area contributed by atoms with E-state index in [-0.39, 0.29) is 5.63 Å². The number of hydrogen-bond donors (Lipinski definition) is 0. The Hall–Kier alpha value is -3.79. The molecule has 0 fully saturated rings. The van der Waals surface area contributed by atoms with Gasteiger partial charge in [-0.2, -0.15) is 0 Å². The zero-order valence-electron chi connectivity index (χ0n) is 17.0. The molecule has 0 amide bonds. The van der Waals surface area contributed by atoms with Crippen LogP contribution in [0.4, 0.5) is 11.4 Å². The van der Waals surface area contributed by atoms with Gasteiger partial charge in [-0.25, -0.2) is 4.79 Å². The van der Waals surface area contributed by atoms with E-state index in [9.17, 15) is 4.79 Å². The molecule has 0 radical (unpaired) electrons. The summed E-state index contributed by atoms with van der Waals surface area (Å²) in [5.41, 5.74) is 3.77. The average molecular weight is 397 g/mol. The molecule has 150 valence electrons. The van der Waals surface area contributed by atoms with Crippen molar-refractivity contribution in [1.82, 2.24) is 0 Å². The summed E-state index contributed by atoms with van der Waals surface area (Å²) in [6.45, 7) is 2.63. The largest absolute Gasteiger partial charge is 0.497 e. The lowest BCUT2D eigenvalue weighted by Crippen LogP contribution is -2.23. The molecule has 0 spiro atoms. The van der Waals surface area contributed by atoms with Gasteiger partial charge in [0.15, 0.2) is 0 Å². The van der Waals surface area contributed by atoms with E-state index in [4.69, 9.17) is 9.15 Å². The first kappa shape index (κ1) is 19.5. The standard InChI is InChI=1S/C26H23NO3/c1-3-27(21-14-16-22(29-2)17-15-21)24-18-23(19-10-6-4-7-11-19)25(30-26(24)28)20-12-8-5-9-13-20/h4-18H,3H2,1-2H3. The highest BCUT2D eigenvalue weighted by Crippen LogP contribution is 2.35. The Labute approximate surface area is 176 Å². The summed E-state index contributed by atoms with van der Waals surface area (Å²) in [5, 5.41) is 0. The van der Waals surface area contributed by atoms with Crippen molar-refractivity contribution in [2.24, 2.45) is 0 Å². The molecule has 0 bridgehead atoms. The minimum atomic E-state index is -0.369. The van der Waals surface area contributed by atoms with E-state index in [1.54, 1.807) is 7.11 Å². The van der Waals surface area contributed by atoms with E-state index in [0.29, 0.717) is 18.0 Å². The van der Waals surface area contributed by atoms with Crippen LogP contribution in [0.1, 0.15) is 6.92 Å². The van der Waals surface area contributed by atoms with E-state index in [1.807, 2.05) is 103 Å². The second kappa shape index (κ2) is 8.70. The van der Waals surface area contributed by atoms with Crippen LogP contribution in [0.15, 0.2) is 100 Å². The van der Waals surface area contributed by atoms with Gasteiger partial charge in [-0.1, -0.05) is 60.7 Å². The van der Waals surface area contributed by atoms with E-state index < -0.39 is 0 Å². The highest BCUT2D eigenvalue weighted by atomic mass is 16.5. The molecule has 4 nitrogen and oxygen atoms in total. The molecule has 3 aromatic carbocycles. The molecule has 1 heterocycles. The molecular formula is C26H23NO3. The first-order chi connectivity index (χ1) is 14.7. The summed E-state index contributed by atoms with van der Waals surface area (Å²) >= 11 is 0. The quantitative estimate of drug-likeness (QED) is 0.392. The summed E-state index contributed by atoms with van der Waals surface area (Å²) in [6.07, 6.45) is 0. The van der Waals surface area contributed by atoms with Gasteiger partial charge in [-0.15, -0.1) is 0 Å². The predicted molar refractivity (Wildman–Crippen MR) is 122 cm³/mol. The van der Waals surface area contributed by atoms with Crippen molar-refractivity contribution in [3.05, 3.63) is 101 Å². The number of anilines is 2. The lowest BCUT2D eigenvalue weighted by Gasteiger charge is -2.23. The average Bonchev–Trinajstić information content (AvgIpc) is 2.82. The van der Waals surface area contributed by atoms with Crippen molar-refractivity contribution >= 4 is 11.4 Å². The topological polar surface area (TPSA) is 42.7 Å². The van der Waals surface area contributed by atoms with Crippen molar-refractivity contribution in [3.8, 4) is 28.2 Å². The first-order valence-corrected chi connectivity index (χ1v) is 9.92. The Morgan fingerprint density at radius 1 is 0.833 bits per heavy atom. The van der Waals surface area contributed by atoms with Gasteiger partial charge < -0.3 is 14.1 Å². The second-order valence-electron chi connectivity index (χ2n) is 6.84. The summed E-state index contributed by atoms with van der Waals surface area (Å²) in [5.74, 6) is 1.34. The molecule has 0 unspecified atom stereocenters. The summed E-state index contributed by atoms with van der Waals surface area (Å²) in [7, 11) is 1.63. The van der Waals surface area contributed by atoms with Gasteiger partial charge in [0, 0.05) is 23.4 Å². The van der Waals surface area contributed by atoms with Crippen LogP contribution in [-0.4, -0.2) is 13.7 Å². The highest BCUT2D eigenvalue weighted by Gasteiger charge is 2.19. The van der Waals surface area contributed by atoms with Gasteiger partial charge >= 0.3 is 5.63 Å². The van der Waals surface area contributed by atoms with Crippen LogP contribution in [0, 0.1) is 0 Å². The summed E-state index contributed by atoms with van der Waals surface area (Å²) in [6, 6.07) is 29.3. The molecule has 30 heavy (non-hydrogen) atoms. The summed E-state index contributed by atoms with van der Waals surface area (Å²) in [4.78, 5) is 15.0. The van der Waals surface area contributed by atoms with Gasteiger partial charge in [-0.05, 0) is 42.8 Å². The van der Waals surface area contributed by atoms with Crippen molar-refractivity contribution in [1.29, 1.82) is 0 Å². The molecule has 0 saturated heterocycles. The first-order valence-electron chi connectivity index (χ1n) is 9.92. The Balaban J connectivity index is 1.89. The number of benzene rings is 3. The molecule has 1 aromatic heterocycles. The van der Waals surface area contributed by atoms with Crippen LogP contribution < -0.4 is 15.3 Å². The van der Waals surface area contributed by atoms with Gasteiger partial charge in [0.25, 0.3) is 0 Å². The Morgan fingerprint density at radius 2 is 1.43 bits per heavy atom. The van der Waals surface area contributed by atoms with Crippen molar-refractivity contribution < 1.29 is 9.15 Å². The monoisotopic (exact) mass is 397 g/mol. The highest BCUT2D eigenvalue weighted by molar-refractivity contribution is 5.82. The number of ether oxygens (including phenoxy) is 1. The molecule has 0 N–H and O–H groups in total. The maximum Gasteiger partial charge on any atom is 0.360 e. The SMILES string of the molecule is CCN(c1ccc(OC)cc1)c1cc(-c2ccccc2)c(-c2ccccc2)oc1=O. The van der Waals surface area contributed by atoms with Gasteiger partial charge in [0.1, 0.15) is 17.2 Å². The smallest absolute Gasteiger partial charge is 0.360 e. The predicted octanol–water partition coefficient (Wildman–Crippen LogP) is 6.14. The second-order valence-corrected chi connectivity index (χ2v) is 6.84. The molecule has 0 saturated carbocycles. The third-order valence-corrected chi connectivity index (χ3v) is 5.04. The number of methoxy groups -OCH3 is 1.